The lowest BCUT2D eigenvalue weighted by atomic mass is 10.2. The minimum Gasteiger partial charge on any atom is -0.506 e. The van der Waals surface area contributed by atoms with Gasteiger partial charge in [-0.25, -0.2) is 0 Å². The van der Waals surface area contributed by atoms with E-state index in [1.807, 2.05) is 30.3 Å². The first-order chi connectivity index (χ1) is 10.5. The third-order valence-electron chi connectivity index (χ3n) is 2.59. The third kappa shape index (κ3) is 4.43. The minimum absolute atomic E-state index is 0.108. The van der Waals surface area contributed by atoms with Crippen molar-refractivity contribution in [3.8, 4) is 5.75 Å². The molecule has 2 rings (SSSR count). The monoisotopic (exact) mass is 443 g/mol. The van der Waals surface area contributed by atoms with Crippen molar-refractivity contribution in [1.82, 2.24) is 10.9 Å². The summed E-state index contributed by atoms with van der Waals surface area (Å²) in [5, 5.41) is 13.0. The van der Waals surface area contributed by atoms with Crippen LogP contribution < -0.4 is 16.2 Å². The summed E-state index contributed by atoms with van der Waals surface area (Å²) in [6, 6.07) is 12.4. The van der Waals surface area contributed by atoms with Crippen LogP contribution in [0.25, 0.3) is 0 Å². The Kier molecular flexibility index (Phi) is 5.76. The Morgan fingerprint density at radius 1 is 1.09 bits per heavy atom. The van der Waals surface area contributed by atoms with E-state index in [-0.39, 0.29) is 16.4 Å². The number of hydrogen-bond acceptors (Lipinski definition) is 3. The number of anilines is 1. The number of halogens is 2. The van der Waals surface area contributed by atoms with Gasteiger partial charge < -0.3 is 10.4 Å². The Hall–Kier alpha value is -1.64. The number of phenols is 1. The highest BCUT2D eigenvalue weighted by atomic mass is 79.9. The Labute approximate surface area is 149 Å². The third-order valence-corrected chi connectivity index (χ3v) is 3.86. The molecule has 0 aliphatic heterocycles. The summed E-state index contributed by atoms with van der Waals surface area (Å²) in [6.45, 7) is 0. The Morgan fingerprint density at radius 3 is 2.45 bits per heavy atom. The predicted molar refractivity (Wildman–Crippen MR) is 96.8 cm³/mol. The maximum atomic E-state index is 12.1. The molecule has 0 aliphatic carbocycles. The molecule has 8 heteroatoms. The molecule has 0 fully saturated rings. The summed E-state index contributed by atoms with van der Waals surface area (Å²) >= 11 is 11.5. The van der Waals surface area contributed by atoms with Crippen LogP contribution in [0.3, 0.4) is 0 Å². The summed E-state index contributed by atoms with van der Waals surface area (Å²) in [7, 11) is 0. The molecular formula is C14H11Br2N3O2S. The largest absolute Gasteiger partial charge is 0.506 e. The number of phenolic OH excluding ortho intramolecular Hbond substituents is 1. The van der Waals surface area contributed by atoms with Gasteiger partial charge in [-0.05, 0) is 52.4 Å². The molecule has 0 bridgehead atoms. The van der Waals surface area contributed by atoms with Gasteiger partial charge in [0, 0.05) is 10.2 Å². The summed E-state index contributed by atoms with van der Waals surface area (Å²) in [6.07, 6.45) is 0. The number of nitrogens with one attached hydrogen (secondary N) is 3. The first kappa shape index (κ1) is 16.7. The fourth-order valence-corrected chi connectivity index (χ4v) is 3.00. The van der Waals surface area contributed by atoms with Gasteiger partial charge in [0.15, 0.2) is 5.11 Å². The number of hydrogen-bond donors (Lipinski definition) is 4. The van der Waals surface area contributed by atoms with Crippen LogP contribution in [0.5, 0.6) is 5.75 Å². The fraction of sp³-hybridized carbons (Fsp3) is 0. The van der Waals surface area contributed by atoms with E-state index in [1.165, 1.54) is 6.07 Å². The van der Waals surface area contributed by atoms with Crippen molar-refractivity contribution in [3.63, 3.8) is 0 Å². The average Bonchev–Trinajstić information content (AvgIpc) is 2.49. The predicted octanol–water partition coefficient (Wildman–Crippen LogP) is 3.55. The molecule has 0 saturated heterocycles. The molecular weight excluding hydrogens is 434 g/mol. The normalized spacial score (nSPS) is 9.91. The van der Waals surface area contributed by atoms with Gasteiger partial charge in [-0.1, -0.05) is 34.1 Å². The SMILES string of the molecule is O=C(NNC(=S)Nc1ccccc1)c1cc(Br)cc(Br)c1O. The van der Waals surface area contributed by atoms with Gasteiger partial charge in [0.2, 0.25) is 0 Å². The van der Waals surface area contributed by atoms with E-state index in [1.54, 1.807) is 6.07 Å². The molecule has 0 unspecified atom stereocenters. The van der Waals surface area contributed by atoms with Crippen molar-refractivity contribution in [3.05, 3.63) is 57.0 Å². The van der Waals surface area contributed by atoms with Gasteiger partial charge in [0.05, 0.1) is 10.0 Å². The molecule has 0 aromatic heterocycles. The summed E-state index contributed by atoms with van der Waals surface area (Å²) in [5.41, 5.74) is 5.90. The molecule has 0 aliphatic rings. The zero-order chi connectivity index (χ0) is 16.1. The molecule has 0 saturated carbocycles. The van der Waals surface area contributed by atoms with Crippen molar-refractivity contribution in [2.45, 2.75) is 0 Å². The van der Waals surface area contributed by atoms with Gasteiger partial charge >= 0.3 is 0 Å². The molecule has 0 heterocycles. The van der Waals surface area contributed by atoms with Gasteiger partial charge in [-0.2, -0.15) is 0 Å². The highest BCUT2D eigenvalue weighted by Crippen LogP contribution is 2.31. The molecule has 0 radical (unpaired) electrons. The average molecular weight is 445 g/mol. The van der Waals surface area contributed by atoms with Crippen LogP contribution in [0.2, 0.25) is 0 Å². The Morgan fingerprint density at radius 2 is 1.77 bits per heavy atom. The number of benzene rings is 2. The van der Waals surface area contributed by atoms with Crippen LogP contribution in [0.4, 0.5) is 5.69 Å². The molecule has 4 N–H and O–H groups in total. The molecule has 22 heavy (non-hydrogen) atoms. The number of hydrazine groups is 1. The van der Waals surface area contributed by atoms with E-state index in [9.17, 15) is 9.90 Å². The van der Waals surface area contributed by atoms with Gasteiger partial charge in [0.25, 0.3) is 5.91 Å². The second-order valence-corrected chi connectivity index (χ2v) is 6.36. The highest BCUT2D eigenvalue weighted by Gasteiger charge is 2.15. The molecule has 1 amide bonds. The second-order valence-electron chi connectivity index (χ2n) is 4.18. The van der Waals surface area contributed by atoms with E-state index in [0.29, 0.717) is 8.95 Å². The molecule has 114 valence electrons. The number of thiocarbonyl (C=S) groups is 1. The first-order valence-corrected chi connectivity index (χ1v) is 8.07. The molecule has 5 nitrogen and oxygen atoms in total. The standard InChI is InChI=1S/C14H11Br2N3O2S/c15-8-6-10(12(20)11(16)7-8)13(21)18-19-14(22)17-9-4-2-1-3-5-9/h1-7,20H,(H,18,21)(H2,17,19,22). The number of rotatable bonds is 2. The van der Waals surface area contributed by atoms with Gasteiger partial charge in [0.1, 0.15) is 5.75 Å². The maximum absolute atomic E-state index is 12.1. The van der Waals surface area contributed by atoms with Crippen LogP contribution in [-0.2, 0) is 0 Å². The first-order valence-electron chi connectivity index (χ1n) is 6.08. The molecule has 0 spiro atoms. The summed E-state index contributed by atoms with van der Waals surface area (Å²) < 4.78 is 1.07. The van der Waals surface area contributed by atoms with E-state index in [4.69, 9.17) is 12.2 Å². The van der Waals surface area contributed by atoms with Crippen LogP contribution >= 0.6 is 44.1 Å². The number of carbonyl (C=O) groups is 1. The smallest absolute Gasteiger partial charge is 0.273 e. The molecule has 2 aromatic carbocycles. The van der Waals surface area contributed by atoms with Crippen LogP contribution in [0.15, 0.2) is 51.4 Å². The highest BCUT2D eigenvalue weighted by molar-refractivity contribution is 9.11. The zero-order valence-corrected chi connectivity index (χ0v) is 15.0. The second kappa shape index (κ2) is 7.57. The van der Waals surface area contributed by atoms with Crippen molar-refractivity contribution in [2.24, 2.45) is 0 Å². The lowest BCUT2D eigenvalue weighted by Gasteiger charge is -2.12. The Bertz CT molecular complexity index is 711. The quantitative estimate of drug-likeness (QED) is 0.421. The number of aromatic hydroxyl groups is 1. The van der Waals surface area contributed by atoms with Gasteiger partial charge in [-0.3, -0.25) is 15.6 Å². The van der Waals surface area contributed by atoms with Crippen LogP contribution in [-0.4, -0.2) is 16.1 Å². The molecule has 2 aromatic rings. The minimum atomic E-state index is -0.517. The van der Waals surface area contributed by atoms with Crippen molar-refractivity contribution in [1.29, 1.82) is 0 Å². The lowest BCUT2D eigenvalue weighted by Crippen LogP contribution is -2.43. The number of amides is 1. The van der Waals surface area contributed by atoms with Crippen LogP contribution in [0, 0.1) is 0 Å². The zero-order valence-electron chi connectivity index (χ0n) is 11.1. The maximum Gasteiger partial charge on any atom is 0.273 e. The molecule has 0 atom stereocenters. The van der Waals surface area contributed by atoms with E-state index >= 15 is 0 Å². The van der Waals surface area contributed by atoms with Crippen LogP contribution in [0.1, 0.15) is 10.4 Å². The lowest BCUT2D eigenvalue weighted by molar-refractivity contribution is 0.0941. The summed E-state index contributed by atoms with van der Waals surface area (Å²) in [5.74, 6) is -0.666. The van der Waals surface area contributed by atoms with Crippen molar-refractivity contribution in [2.75, 3.05) is 5.32 Å². The van der Waals surface area contributed by atoms with Crippen molar-refractivity contribution < 1.29 is 9.90 Å². The van der Waals surface area contributed by atoms with Crippen molar-refractivity contribution >= 4 is 60.8 Å². The number of para-hydroxylation sites is 1. The van der Waals surface area contributed by atoms with E-state index < -0.39 is 5.91 Å². The Balaban J connectivity index is 1.97. The summed E-state index contributed by atoms with van der Waals surface area (Å²) in [4.78, 5) is 12.1. The van der Waals surface area contributed by atoms with E-state index in [2.05, 4.69) is 48.0 Å². The van der Waals surface area contributed by atoms with E-state index in [0.717, 1.165) is 5.69 Å². The van der Waals surface area contributed by atoms with Gasteiger partial charge in [-0.15, -0.1) is 0 Å². The fourth-order valence-electron chi connectivity index (χ4n) is 1.60. The topological polar surface area (TPSA) is 73.4 Å². The number of carbonyl (C=O) groups excluding carboxylic acids is 1.